The van der Waals surface area contributed by atoms with Crippen LogP contribution in [0.15, 0.2) is 18.2 Å². The molecule has 1 saturated heterocycles. The Labute approximate surface area is 128 Å². The Morgan fingerprint density at radius 2 is 2.14 bits per heavy atom. The van der Waals surface area contributed by atoms with Gasteiger partial charge in [0, 0.05) is 6.07 Å². The summed E-state index contributed by atoms with van der Waals surface area (Å²) in [6, 6.07) is 5.26. The highest BCUT2D eigenvalue weighted by Crippen LogP contribution is 2.34. The number of amides is 1. The van der Waals surface area contributed by atoms with E-state index in [1.807, 2.05) is 0 Å². The van der Waals surface area contributed by atoms with Crippen molar-refractivity contribution in [2.75, 3.05) is 31.5 Å². The van der Waals surface area contributed by atoms with E-state index in [1.54, 1.807) is 18.2 Å². The normalized spacial score (nSPS) is 21.5. The summed E-state index contributed by atoms with van der Waals surface area (Å²) < 4.78 is 38.6. The molecule has 7 nitrogen and oxygen atoms in total. The third kappa shape index (κ3) is 3.44. The lowest BCUT2D eigenvalue weighted by atomic mass is 10.1. The molecule has 1 amide bonds. The number of sulfone groups is 1. The number of hydrogen-bond acceptors (Lipinski definition) is 6. The molecule has 0 aliphatic carbocycles. The van der Waals surface area contributed by atoms with Crippen LogP contribution in [-0.2, 0) is 14.6 Å². The fraction of sp³-hybridized carbons (Fsp3) is 0.500. The third-order valence-electron chi connectivity index (χ3n) is 3.62. The summed E-state index contributed by atoms with van der Waals surface area (Å²) in [6.07, 6.45) is 0.400. The van der Waals surface area contributed by atoms with Gasteiger partial charge in [-0.25, -0.2) is 8.42 Å². The average molecular weight is 327 g/mol. The van der Waals surface area contributed by atoms with Gasteiger partial charge in [-0.1, -0.05) is 0 Å². The van der Waals surface area contributed by atoms with Crippen molar-refractivity contribution < 1.29 is 27.4 Å². The molecule has 8 heteroatoms. The van der Waals surface area contributed by atoms with Gasteiger partial charge >= 0.3 is 0 Å². The largest absolute Gasteiger partial charge is 0.492 e. The number of ether oxygens (including phenoxy) is 3. The topological polar surface area (TPSA) is 90.9 Å². The van der Waals surface area contributed by atoms with Crippen LogP contribution in [0.4, 0.5) is 0 Å². The highest BCUT2D eigenvalue weighted by Gasteiger charge is 2.32. The molecule has 1 fully saturated rings. The minimum Gasteiger partial charge on any atom is -0.492 e. The fourth-order valence-electron chi connectivity index (χ4n) is 2.46. The van der Waals surface area contributed by atoms with Gasteiger partial charge in [-0.15, -0.1) is 0 Å². The summed E-state index contributed by atoms with van der Waals surface area (Å²) in [6.45, 7) is 0.827. The summed E-state index contributed by atoms with van der Waals surface area (Å²) in [7, 11) is -3.04. The van der Waals surface area contributed by atoms with Crippen LogP contribution < -0.4 is 19.5 Å². The first kappa shape index (κ1) is 15.0. The van der Waals surface area contributed by atoms with Gasteiger partial charge in [0.05, 0.1) is 24.0 Å². The SMILES string of the molecule is O=C(NCCOc1ccc2c(c1)OCO2)C1CCS(=O)(=O)C1. The van der Waals surface area contributed by atoms with E-state index in [1.165, 1.54) is 0 Å². The molecule has 22 heavy (non-hydrogen) atoms. The van der Waals surface area contributed by atoms with Crippen molar-refractivity contribution in [3.8, 4) is 17.2 Å². The molecule has 1 aromatic rings. The second kappa shape index (κ2) is 6.04. The molecular weight excluding hydrogens is 310 g/mol. The second-order valence-corrected chi connectivity index (χ2v) is 7.48. The summed E-state index contributed by atoms with van der Waals surface area (Å²) in [4.78, 5) is 11.8. The smallest absolute Gasteiger partial charge is 0.231 e. The van der Waals surface area contributed by atoms with Crippen molar-refractivity contribution in [3.63, 3.8) is 0 Å². The zero-order valence-electron chi connectivity index (χ0n) is 11.9. The molecule has 3 rings (SSSR count). The maximum atomic E-state index is 11.8. The molecule has 1 atom stereocenters. The van der Waals surface area contributed by atoms with Gasteiger partial charge in [0.15, 0.2) is 21.3 Å². The number of hydrogen-bond donors (Lipinski definition) is 1. The van der Waals surface area contributed by atoms with E-state index in [2.05, 4.69) is 5.32 Å². The van der Waals surface area contributed by atoms with Gasteiger partial charge in [-0.2, -0.15) is 0 Å². The molecule has 1 unspecified atom stereocenters. The van der Waals surface area contributed by atoms with Crippen LogP contribution in [0.3, 0.4) is 0 Å². The summed E-state index contributed by atoms with van der Waals surface area (Å²) in [5, 5.41) is 2.70. The quantitative estimate of drug-likeness (QED) is 0.785. The van der Waals surface area contributed by atoms with Gasteiger partial charge in [0.1, 0.15) is 12.4 Å². The standard InChI is InChI=1S/C14H17NO6S/c16-14(10-3-6-22(17,18)8-10)15-4-5-19-11-1-2-12-13(7-11)21-9-20-12/h1-2,7,10H,3-6,8-9H2,(H,15,16). The number of benzene rings is 1. The van der Waals surface area contributed by atoms with Crippen LogP contribution in [-0.4, -0.2) is 45.8 Å². The van der Waals surface area contributed by atoms with Gasteiger partial charge in [0.2, 0.25) is 12.7 Å². The molecule has 1 N–H and O–H groups in total. The lowest BCUT2D eigenvalue weighted by Gasteiger charge is -2.10. The number of carbonyl (C=O) groups is 1. The molecule has 0 aromatic heterocycles. The third-order valence-corrected chi connectivity index (χ3v) is 5.39. The Kier molecular flexibility index (Phi) is 4.10. The van der Waals surface area contributed by atoms with E-state index in [4.69, 9.17) is 14.2 Å². The van der Waals surface area contributed by atoms with E-state index >= 15 is 0 Å². The minimum absolute atomic E-state index is 0.0537. The van der Waals surface area contributed by atoms with Crippen molar-refractivity contribution in [1.29, 1.82) is 0 Å². The zero-order chi connectivity index (χ0) is 15.6. The highest BCUT2D eigenvalue weighted by molar-refractivity contribution is 7.91. The number of carbonyl (C=O) groups excluding carboxylic acids is 1. The highest BCUT2D eigenvalue weighted by atomic mass is 32.2. The molecule has 2 aliphatic heterocycles. The molecule has 2 heterocycles. The first-order chi connectivity index (χ1) is 10.5. The van der Waals surface area contributed by atoms with Crippen molar-refractivity contribution in [2.45, 2.75) is 6.42 Å². The van der Waals surface area contributed by atoms with Gasteiger partial charge < -0.3 is 19.5 Å². The lowest BCUT2D eigenvalue weighted by molar-refractivity contribution is -0.124. The van der Waals surface area contributed by atoms with Crippen LogP contribution in [0.2, 0.25) is 0 Å². The average Bonchev–Trinajstić information content (AvgIpc) is 3.08. The Morgan fingerprint density at radius 1 is 1.32 bits per heavy atom. The molecule has 0 bridgehead atoms. The zero-order valence-corrected chi connectivity index (χ0v) is 12.7. The van der Waals surface area contributed by atoms with Crippen molar-refractivity contribution in [3.05, 3.63) is 18.2 Å². The predicted molar refractivity (Wildman–Crippen MR) is 77.8 cm³/mol. The molecule has 0 radical (unpaired) electrons. The molecule has 0 saturated carbocycles. The maximum Gasteiger partial charge on any atom is 0.231 e. The monoisotopic (exact) mass is 327 g/mol. The van der Waals surface area contributed by atoms with Crippen LogP contribution in [0.5, 0.6) is 17.2 Å². The van der Waals surface area contributed by atoms with Crippen LogP contribution in [0.1, 0.15) is 6.42 Å². The predicted octanol–water partition coefficient (Wildman–Crippen LogP) is 0.345. The molecular formula is C14H17NO6S. The number of nitrogens with one attached hydrogen (secondary N) is 1. The summed E-state index contributed by atoms with van der Waals surface area (Å²) in [5.74, 6) is 1.33. The van der Waals surface area contributed by atoms with Crippen molar-refractivity contribution >= 4 is 15.7 Å². The van der Waals surface area contributed by atoms with Gasteiger partial charge in [-0.3, -0.25) is 4.79 Å². The van der Waals surface area contributed by atoms with Gasteiger partial charge in [0.25, 0.3) is 0 Å². The van der Waals surface area contributed by atoms with Gasteiger partial charge in [-0.05, 0) is 18.6 Å². The molecule has 1 aromatic carbocycles. The van der Waals surface area contributed by atoms with Crippen molar-refractivity contribution in [1.82, 2.24) is 5.32 Å². The number of fused-ring (bicyclic) bond motifs is 1. The summed E-state index contributed by atoms with van der Waals surface area (Å²) >= 11 is 0. The fourth-order valence-corrected chi connectivity index (χ4v) is 4.20. The van der Waals surface area contributed by atoms with Crippen LogP contribution in [0.25, 0.3) is 0 Å². The van der Waals surface area contributed by atoms with E-state index in [0.29, 0.717) is 36.8 Å². The van der Waals surface area contributed by atoms with Crippen molar-refractivity contribution in [2.24, 2.45) is 5.92 Å². The number of rotatable bonds is 5. The van der Waals surface area contributed by atoms with E-state index < -0.39 is 15.8 Å². The minimum atomic E-state index is -3.04. The maximum absolute atomic E-state index is 11.8. The van der Waals surface area contributed by atoms with E-state index in [0.717, 1.165) is 0 Å². The first-order valence-electron chi connectivity index (χ1n) is 7.04. The Morgan fingerprint density at radius 3 is 2.91 bits per heavy atom. The lowest BCUT2D eigenvalue weighted by Crippen LogP contribution is -2.34. The molecule has 2 aliphatic rings. The second-order valence-electron chi connectivity index (χ2n) is 5.25. The molecule has 120 valence electrons. The van der Waals surface area contributed by atoms with E-state index in [-0.39, 0.29) is 24.2 Å². The Bertz CT molecular complexity index is 672. The Hall–Kier alpha value is -1.96. The van der Waals surface area contributed by atoms with Crippen LogP contribution in [0, 0.1) is 5.92 Å². The molecule has 0 spiro atoms. The van der Waals surface area contributed by atoms with Crippen LogP contribution >= 0.6 is 0 Å². The first-order valence-corrected chi connectivity index (χ1v) is 8.86. The summed E-state index contributed by atoms with van der Waals surface area (Å²) in [5.41, 5.74) is 0. The van der Waals surface area contributed by atoms with E-state index in [9.17, 15) is 13.2 Å². The Balaban J connectivity index is 1.41.